The van der Waals surface area contributed by atoms with Crippen LogP contribution in [-0.2, 0) is 5.41 Å². The van der Waals surface area contributed by atoms with Gasteiger partial charge in [-0.15, -0.1) is 0 Å². The largest absolute Gasteiger partial charge is 0.496 e. The van der Waals surface area contributed by atoms with Gasteiger partial charge < -0.3 is 14.8 Å². The second-order valence-corrected chi connectivity index (χ2v) is 6.06. The zero-order valence-corrected chi connectivity index (χ0v) is 12.7. The summed E-state index contributed by atoms with van der Waals surface area (Å²) < 4.78 is 11.0. The van der Waals surface area contributed by atoms with Crippen LogP contribution in [0.15, 0.2) is 12.1 Å². The summed E-state index contributed by atoms with van der Waals surface area (Å²) in [5.41, 5.74) is 2.33. The van der Waals surface area contributed by atoms with Crippen LogP contribution in [0.5, 0.6) is 11.5 Å². The lowest BCUT2D eigenvalue weighted by atomic mass is 9.83. The third-order valence-corrected chi connectivity index (χ3v) is 3.86. The fraction of sp³-hybridized carbons (Fsp3) is 0.625. The van der Waals surface area contributed by atoms with Crippen molar-refractivity contribution in [1.82, 2.24) is 5.32 Å². The number of nitrogens with one attached hydrogen (secondary N) is 1. The smallest absolute Gasteiger partial charge is 0.123 e. The van der Waals surface area contributed by atoms with E-state index in [0.29, 0.717) is 0 Å². The van der Waals surface area contributed by atoms with Gasteiger partial charge in [0.1, 0.15) is 11.5 Å². The van der Waals surface area contributed by atoms with Gasteiger partial charge in [-0.1, -0.05) is 13.8 Å². The molecule has 0 aromatic heterocycles. The number of hydrogen-bond donors (Lipinski definition) is 1. The molecule has 1 aromatic carbocycles. The van der Waals surface area contributed by atoms with Crippen LogP contribution in [0, 0.1) is 6.92 Å². The molecule has 19 heavy (non-hydrogen) atoms. The highest BCUT2D eigenvalue weighted by atomic mass is 16.5. The molecule has 0 atom stereocenters. The van der Waals surface area contributed by atoms with E-state index in [-0.39, 0.29) is 5.41 Å². The maximum Gasteiger partial charge on any atom is 0.123 e. The highest BCUT2D eigenvalue weighted by molar-refractivity contribution is 5.49. The van der Waals surface area contributed by atoms with Gasteiger partial charge in [-0.05, 0) is 37.5 Å². The Balaban J connectivity index is 2.28. The summed E-state index contributed by atoms with van der Waals surface area (Å²) in [5.74, 6) is 1.87. The maximum absolute atomic E-state index is 5.55. The SMILES string of the molecule is COc1cc(C(C)(C)CNC2CC2)c(OC)cc1C. The molecule has 3 nitrogen and oxygen atoms in total. The first-order chi connectivity index (χ1) is 8.97. The lowest BCUT2D eigenvalue weighted by Crippen LogP contribution is -2.34. The lowest BCUT2D eigenvalue weighted by molar-refractivity contribution is 0.375. The summed E-state index contributed by atoms with van der Waals surface area (Å²) in [5, 5.41) is 3.60. The average Bonchev–Trinajstić information content (AvgIpc) is 3.20. The maximum atomic E-state index is 5.55. The highest BCUT2D eigenvalue weighted by Crippen LogP contribution is 2.36. The van der Waals surface area contributed by atoms with E-state index in [1.54, 1.807) is 14.2 Å². The van der Waals surface area contributed by atoms with Crippen LogP contribution >= 0.6 is 0 Å². The molecule has 0 radical (unpaired) electrons. The highest BCUT2D eigenvalue weighted by Gasteiger charge is 2.29. The molecule has 0 spiro atoms. The summed E-state index contributed by atoms with van der Waals surface area (Å²) in [6, 6.07) is 4.90. The summed E-state index contributed by atoms with van der Waals surface area (Å²) in [6.45, 7) is 7.49. The van der Waals surface area contributed by atoms with Crippen molar-refractivity contribution in [3.63, 3.8) is 0 Å². The summed E-state index contributed by atoms with van der Waals surface area (Å²) >= 11 is 0. The molecule has 3 heteroatoms. The predicted octanol–water partition coefficient (Wildman–Crippen LogP) is 3.04. The molecule has 0 bridgehead atoms. The van der Waals surface area contributed by atoms with Gasteiger partial charge in [0.05, 0.1) is 14.2 Å². The molecule has 1 saturated carbocycles. The van der Waals surface area contributed by atoms with Crippen molar-refractivity contribution in [3.05, 3.63) is 23.3 Å². The monoisotopic (exact) mass is 263 g/mol. The molecule has 0 amide bonds. The van der Waals surface area contributed by atoms with Crippen LogP contribution in [0.1, 0.15) is 37.8 Å². The van der Waals surface area contributed by atoms with Gasteiger partial charge in [-0.25, -0.2) is 0 Å². The Morgan fingerprint density at radius 2 is 1.79 bits per heavy atom. The normalized spacial score (nSPS) is 15.4. The van der Waals surface area contributed by atoms with Crippen LogP contribution in [0.3, 0.4) is 0 Å². The van der Waals surface area contributed by atoms with E-state index in [9.17, 15) is 0 Å². The molecule has 0 heterocycles. The molecule has 2 rings (SSSR count). The van der Waals surface area contributed by atoms with Gasteiger partial charge in [0.25, 0.3) is 0 Å². The minimum atomic E-state index is 0.0227. The molecule has 1 aliphatic rings. The van der Waals surface area contributed by atoms with Crippen molar-refractivity contribution in [2.24, 2.45) is 0 Å². The molecule has 106 valence electrons. The average molecular weight is 263 g/mol. The van der Waals surface area contributed by atoms with Gasteiger partial charge >= 0.3 is 0 Å². The van der Waals surface area contributed by atoms with Crippen LogP contribution in [0.4, 0.5) is 0 Å². The third-order valence-electron chi connectivity index (χ3n) is 3.86. The van der Waals surface area contributed by atoms with E-state index in [1.165, 1.54) is 18.4 Å². The fourth-order valence-corrected chi connectivity index (χ4v) is 2.36. The van der Waals surface area contributed by atoms with Gasteiger partial charge in [-0.3, -0.25) is 0 Å². The number of ether oxygens (including phenoxy) is 2. The second kappa shape index (κ2) is 5.41. The fourth-order valence-electron chi connectivity index (χ4n) is 2.36. The Morgan fingerprint density at radius 3 is 2.32 bits per heavy atom. The summed E-state index contributed by atoms with van der Waals surface area (Å²) in [6.07, 6.45) is 2.62. The Kier molecular flexibility index (Phi) is 4.04. The minimum Gasteiger partial charge on any atom is -0.496 e. The van der Waals surface area contributed by atoms with E-state index in [4.69, 9.17) is 9.47 Å². The van der Waals surface area contributed by atoms with Crippen molar-refractivity contribution >= 4 is 0 Å². The van der Waals surface area contributed by atoms with Crippen LogP contribution in [0.25, 0.3) is 0 Å². The zero-order chi connectivity index (χ0) is 14.0. The van der Waals surface area contributed by atoms with Gasteiger partial charge in [0.15, 0.2) is 0 Å². The van der Waals surface area contributed by atoms with Crippen molar-refractivity contribution in [1.29, 1.82) is 0 Å². The van der Waals surface area contributed by atoms with E-state index in [1.807, 2.05) is 6.92 Å². The topological polar surface area (TPSA) is 30.5 Å². The molecule has 0 saturated heterocycles. The molecule has 1 aromatic rings. The summed E-state index contributed by atoms with van der Waals surface area (Å²) in [7, 11) is 3.45. The van der Waals surface area contributed by atoms with E-state index in [0.717, 1.165) is 29.6 Å². The molecule has 0 aliphatic heterocycles. The summed E-state index contributed by atoms with van der Waals surface area (Å²) in [4.78, 5) is 0. The Bertz CT molecular complexity index is 450. The van der Waals surface area contributed by atoms with Crippen LogP contribution in [0.2, 0.25) is 0 Å². The van der Waals surface area contributed by atoms with Crippen LogP contribution < -0.4 is 14.8 Å². The van der Waals surface area contributed by atoms with Gasteiger partial charge in [0, 0.05) is 23.6 Å². The van der Waals surface area contributed by atoms with Crippen molar-refractivity contribution in [3.8, 4) is 11.5 Å². The number of benzene rings is 1. The van der Waals surface area contributed by atoms with E-state index in [2.05, 4.69) is 31.3 Å². The number of aryl methyl sites for hydroxylation is 1. The van der Waals surface area contributed by atoms with E-state index < -0.39 is 0 Å². The molecular formula is C16H25NO2. The van der Waals surface area contributed by atoms with Crippen molar-refractivity contribution in [2.45, 2.75) is 45.1 Å². The molecule has 0 unspecified atom stereocenters. The first-order valence-corrected chi connectivity index (χ1v) is 6.94. The number of rotatable bonds is 6. The van der Waals surface area contributed by atoms with Gasteiger partial charge in [0.2, 0.25) is 0 Å². The quantitative estimate of drug-likeness (QED) is 0.855. The second-order valence-electron chi connectivity index (χ2n) is 6.06. The van der Waals surface area contributed by atoms with Crippen LogP contribution in [-0.4, -0.2) is 26.8 Å². The Hall–Kier alpha value is -1.22. The lowest BCUT2D eigenvalue weighted by Gasteiger charge is -2.28. The number of hydrogen-bond acceptors (Lipinski definition) is 3. The van der Waals surface area contributed by atoms with Gasteiger partial charge in [-0.2, -0.15) is 0 Å². The minimum absolute atomic E-state index is 0.0227. The van der Waals surface area contributed by atoms with Crippen molar-refractivity contribution < 1.29 is 9.47 Å². The molecule has 1 aliphatic carbocycles. The first-order valence-electron chi connectivity index (χ1n) is 6.94. The Labute approximate surface area is 116 Å². The standard InChI is InChI=1S/C16H25NO2/c1-11-8-15(19-5)13(9-14(11)18-4)16(2,3)10-17-12-6-7-12/h8-9,12,17H,6-7,10H2,1-5H3. The van der Waals surface area contributed by atoms with Crippen molar-refractivity contribution in [2.75, 3.05) is 20.8 Å². The van der Waals surface area contributed by atoms with E-state index >= 15 is 0 Å². The number of methoxy groups -OCH3 is 2. The molecule has 1 fully saturated rings. The Morgan fingerprint density at radius 1 is 1.16 bits per heavy atom. The zero-order valence-electron chi connectivity index (χ0n) is 12.7. The third kappa shape index (κ3) is 3.21. The first kappa shape index (κ1) is 14.2. The predicted molar refractivity (Wildman–Crippen MR) is 78.3 cm³/mol. The molecule has 1 N–H and O–H groups in total. The molecular weight excluding hydrogens is 238 g/mol.